The molecule has 3 heterocycles. The molecule has 0 bridgehead atoms. The van der Waals surface area contributed by atoms with Crippen molar-refractivity contribution in [3.63, 3.8) is 0 Å². The lowest BCUT2D eigenvalue weighted by atomic mass is 10.1. The second-order valence-electron chi connectivity index (χ2n) is 7.47. The van der Waals surface area contributed by atoms with Gasteiger partial charge in [0.1, 0.15) is 0 Å². The summed E-state index contributed by atoms with van der Waals surface area (Å²) in [6.45, 7) is 6.49. The number of aliphatic imine (C=N–C) groups is 1. The lowest BCUT2D eigenvalue weighted by molar-refractivity contribution is -0.0502. The van der Waals surface area contributed by atoms with Crippen molar-refractivity contribution in [3.05, 3.63) is 54.6 Å². The van der Waals surface area contributed by atoms with E-state index in [-0.39, 0.29) is 6.10 Å². The first kappa shape index (κ1) is 19.0. The van der Waals surface area contributed by atoms with E-state index in [1.165, 1.54) is 5.56 Å². The predicted octanol–water partition coefficient (Wildman–Crippen LogP) is 1.43. The lowest BCUT2D eigenvalue weighted by Crippen LogP contribution is -2.50. The molecule has 1 aromatic carbocycles. The van der Waals surface area contributed by atoms with Crippen LogP contribution in [0.3, 0.4) is 0 Å². The van der Waals surface area contributed by atoms with Gasteiger partial charge in [-0.05, 0) is 12.0 Å². The number of benzene rings is 1. The number of fused-ring (bicyclic) bond motifs is 1. The maximum Gasteiger partial charge on any atom is 0.193 e. The van der Waals surface area contributed by atoms with Crippen LogP contribution in [0.2, 0.25) is 0 Å². The SMILES string of the molecule is CN=C(NCCCn1ccnc1)N1CC2OCCN(Cc3ccccc3)C2C1. The van der Waals surface area contributed by atoms with E-state index in [1.54, 1.807) is 0 Å². The minimum atomic E-state index is 0.252. The largest absolute Gasteiger partial charge is 0.373 e. The second kappa shape index (κ2) is 9.21. The van der Waals surface area contributed by atoms with Crippen molar-refractivity contribution in [2.75, 3.05) is 39.8 Å². The molecule has 150 valence electrons. The predicted molar refractivity (Wildman–Crippen MR) is 110 cm³/mol. The van der Waals surface area contributed by atoms with Crippen molar-refractivity contribution >= 4 is 5.96 Å². The number of rotatable bonds is 6. The Hall–Kier alpha value is -2.38. The van der Waals surface area contributed by atoms with Gasteiger partial charge >= 0.3 is 0 Å². The third-order valence-corrected chi connectivity index (χ3v) is 5.59. The van der Waals surface area contributed by atoms with Crippen LogP contribution in [0.5, 0.6) is 0 Å². The average Bonchev–Trinajstić information content (AvgIpc) is 3.39. The van der Waals surface area contributed by atoms with Crippen LogP contribution in [0.1, 0.15) is 12.0 Å². The zero-order valence-electron chi connectivity index (χ0n) is 16.6. The molecule has 2 aliphatic rings. The highest BCUT2D eigenvalue weighted by Crippen LogP contribution is 2.24. The fourth-order valence-electron chi connectivity index (χ4n) is 4.16. The molecule has 4 rings (SSSR count). The highest BCUT2D eigenvalue weighted by atomic mass is 16.5. The monoisotopic (exact) mass is 382 g/mol. The van der Waals surface area contributed by atoms with Gasteiger partial charge in [0, 0.05) is 58.7 Å². The van der Waals surface area contributed by atoms with Gasteiger partial charge < -0.3 is 19.5 Å². The number of aryl methyl sites for hydroxylation is 1. The summed E-state index contributed by atoms with van der Waals surface area (Å²) < 4.78 is 8.19. The van der Waals surface area contributed by atoms with Crippen LogP contribution < -0.4 is 5.32 Å². The van der Waals surface area contributed by atoms with Crippen LogP contribution in [-0.4, -0.2) is 77.3 Å². The Morgan fingerprint density at radius 1 is 1.29 bits per heavy atom. The normalized spacial score (nSPS) is 23.0. The number of ether oxygens (including phenoxy) is 1. The molecule has 1 N–H and O–H groups in total. The van der Waals surface area contributed by atoms with Gasteiger partial charge in [0.15, 0.2) is 5.96 Å². The van der Waals surface area contributed by atoms with E-state index in [0.29, 0.717) is 6.04 Å². The van der Waals surface area contributed by atoms with E-state index < -0.39 is 0 Å². The van der Waals surface area contributed by atoms with E-state index >= 15 is 0 Å². The Balaban J connectivity index is 1.30. The molecule has 0 radical (unpaired) electrons. The van der Waals surface area contributed by atoms with Gasteiger partial charge in [-0.25, -0.2) is 4.98 Å². The summed E-state index contributed by atoms with van der Waals surface area (Å²) in [5, 5.41) is 3.52. The Labute approximate surface area is 167 Å². The average molecular weight is 383 g/mol. The first-order chi connectivity index (χ1) is 13.8. The smallest absolute Gasteiger partial charge is 0.193 e. The fraction of sp³-hybridized carbons (Fsp3) is 0.524. The summed E-state index contributed by atoms with van der Waals surface area (Å²) >= 11 is 0. The van der Waals surface area contributed by atoms with Crippen LogP contribution in [0.4, 0.5) is 0 Å². The second-order valence-corrected chi connectivity index (χ2v) is 7.47. The molecule has 0 aliphatic carbocycles. The summed E-state index contributed by atoms with van der Waals surface area (Å²) in [4.78, 5) is 13.5. The van der Waals surface area contributed by atoms with Crippen molar-refractivity contribution in [3.8, 4) is 0 Å². The number of morpholine rings is 1. The zero-order valence-corrected chi connectivity index (χ0v) is 16.6. The number of guanidine groups is 1. The number of hydrogen-bond acceptors (Lipinski definition) is 4. The molecule has 2 fully saturated rings. The van der Waals surface area contributed by atoms with Crippen LogP contribution in [-0.2, 0) is 17.8 Å². The van der Waals surface area contributed by atoms with E-state index in [4.69, 9.17) is 4.74 Å². The summed E-state index contributed by atoms with van der Waals surface area (Å²) in [5.74, 6) is 0.975. The van der Waals surface area contributed by atoms with Gasteiger partial charge in [-0.3, -0.25) is 9.89 Å². The molecule has 2 aromatic rings. The van der Waals surface area contributed by atoms with Crippen LogP contribution in [0, 0.1) is 0 Å². The van der Waals surface area contributed by atoms with Crippen molar-refractivity contribution in [2.45, 2.75) is 31.7 Å². The third kappa shape index (κ3) is 4.54. The number of nitrogens with zero attached hydrogens (tertiary/aromatic N) is 5. The van der Waals surface area contributed by atoms with Gasteiger partial charge in [0.25, 0.3) is 0 Å². The fourth-order valence-corrected chi connectivity index (χ4v) is 4.16. The van der Waals surface area contributed by atoms with Crippen LogP contribution in [0.15, 0.2) is 54.0 Å². The molecule has 1 aromatic heterocycles. The Morgan fingerprint density at radius 3 is 2.96 bits per heavy atom. The molecule has 7 nitrogen and oxygen atoms in total. The minimum Gasteiger partial charge on any atom is -0.373 e. The van der Waals surface area contributed by atoms with Gasteiger partial charge in [0.05, 0.1) is 25.1 Å². The number of aromatic nitrogens is 2. The van der Waals surface area contributed by atoms with Gasteiger partial charge in [-0.15, -0.1) is 0 Å². The molecule has 0 saturated carbocycles. The molecular weight excluding hydrogens is 352 g/mol. The van der Waals surface area contributed by atoms with Crippen molar-refractivity contribution in [1.82, 2.24) is 24.7 Å². The molecule has 2 unspecified atom stereocenters. The molecule has 2 saturated heterocycles. The van der Waals surface area contributed by atoms with E-state index in [0.717, 1.165) is 58.3 Å². The van der Waals surface area contributed by atoms with E-state index in [1.807, 2.05) is 25.8 Å². The number of nitrogens with one attached hydrogen (secondary N) is 1. The highest BCUT2D eigenvalue weighted by molar-refractivity contribution is 5.80. The maximum absolute atomic E-state index is 6.09. The van der Waals surface area contributed by atoms with Crippen molar-refractivity contribution in [1.29, 1.82) is 0 Å². The number of imidazole rings is 1. The minimum absolute atomic E-state index is 0.252. The molecule has 0 amide bonds. The van der Waals surface area contributed by atoms with E-state index in [9.17, 15) is 0 Å². The third-order valence-electron chi connectivity index (χ3n) is 5.59. The van der Waals surface area contributed by atoms with Gasteiger partial charge in [-0.1, -0.05) is 30.3 Å². The zero-order chi connectivity index (χ0) is 19.2. The first-order valence-corrected chi connectivity index (χ1v) is 10.1. The van der Waals surface area contributed by atoms with Crippen molar-refractivity contribution in [2.24, 2.45) is 4.99 Å². The Kier molecular flexibility index (Phi) is 6.24. The standard InChI is InChI=1S/C21H30N6O/c1-22-21(24-8-5-10-25-11-9-23-17-25)27-15-19-20(16-27)28-13-12-26(19)14-18-6-3-2-4-7-18/h2-4,6-7,9,11,17,19-20H,5,8,10,12-16H2,1H3,(H,22,24). The van der Waals surface area contributed by atoms with Crippen LogP contribution >= 0.6 is 0 Å². The van der Waals surface area contributed by atoms with Gasteiger partial charge in [-0.2, -0.15) is 0 Å². The number of likely N-dealkylation sites (tertiary alicyclic amines) is 1. The number of hydrogen-bond donors (Lipinski definition) is 1. The van der Waals surface area contributed by atoms with Gasteiger partial charge in [0.2, 0.25) is 0 Å². The van der Waals surface area contributed by atoms with E-state index in [2.05, 4.69) is 60.0 Å². The molecule has 28 heavy (non-hydrogen) atoms. The first-order valence-electron chi connectivity index (χ1n) is 10.1. The summed E-state index contributed by atoms with van der Waals surface area (Å²) in [6, 6.07) is 11.1. The summed E-state index contributed by atoms with van der Waals surface area (Å²) in [7, 11) is 1.86. The highest BCUT2D eigenvalue weighted by Gasteiger charge is 2.41. The summed E-state index contributed by atoms with van der Waals surface area (Å²) in [5.41, 5.74) is 1.36. The summed E-state index contributed by atoms with van der Waals surface area (Å²) in [6.07, 6.45) is 6.96. The molecule has 2 aliphatic heterocycles. The Morgan fingerprint density at radius 2 is 2.18 bits per heavy atom. The lowest BCUT2D eigenvalue weighted by Gasteiger charge is -2.36. The van der Waals surface area contributed by atoms with Crippen LogP contribution in [0.25, 0.3) is 0 Å². The maximum atomic E-state index is 6.09. The van der Waals surface area contributed by atoms with Crippen molar-refractivity contribution < 1.29 is 4.74 Å². The molecular formula is C21H30N6O. The molecule has 0 spiro atoms. The topological polar surface area (TPSA) is 57.9 Å². The quantitative estimate of drug-likeness (QED) is 0.465. The Bertz CT molecular complexity index is 748. The molecule has 7 heteroatoms. The molecule has 2 atom stereocenters.